The van der Waals surface area contributed by atoms with Crippen molar-refractivity contribution >= 4 is 32.5 Å². The molecular formula is C11H7NOS. The molecule has 3 rings (SSSR count). The average Bonchev–Trinajstić information content (AvgIpc) is 2.66. The fourth-order valence-electron chi connectivity index (χ4n) is 1.64. The van der Waals surface area contributed by atoms with Gasteiger partial charge < -0.3 is 4.98 Å². The van der Waals surface area contributed by atoms with E-state index in [0.29, 0.717) is 0 Å². The lowest BCUT2D eigenvalue weighted by atomic mass is 10.2. The topological polar surface area (TPSA) is 32.9 Å². The maximum Gasteiger partial charge on any atom is 0.198 e. The van der Waals surface area contributed by atoms with Gasteiger partial charge in [-0.2, -0.15) is 0 Å². The molecule has 68 valence electrons. The zero-order chi connectivity index (χ0) is 9.54. The molecule has 2 heterocycles. The molecule has 2 nitrogen and oxygen atoms in total. The highest BCUT2D eigenvalue weighted by Gasteiger charge is 2.04. The van der Waals surface area contributed by atoms with E-state index >= 15 is 0 Å². The van der Waals surface area contributed by atoms with E-state index in [1.165, 1.54) is 0 Å². The predicted molar refractivity (Wildman–Crippen MR) is 60.0 cm³/mol. The molecular weight excluding hydrogens is 194 g/mol. The summed E-state index contributed by atoms with van der Waals surface area (Å²) in [4.78, 5) is 16.1. The first-order chi connectivity index (χ1) is 6.86. The van der Waals surface area contributed by atoms with E-state index in [-0.39, 0.29) is 5.43 Å². The number of rotatable bonds is 0. The number of nitrogens with one attached hydrogen (secondary N) is 1. The smallest absolute Gasteiger partial charge is 0.198 e. The molecule has 0 bridgehead atoms. The third kappa shape index (κ3) is 0.930. The SMILES string of the molecule is O=c1c2ccccc2[nH]c2sccc12. The summed E-state index contributed by atoms with van der Waals surface area (Å²) in [5.74, 6) is 0. The number of benzene rings is 1. The Balaban J connectivity index is 2.70. The van der Waals surface area contributed by atoms with E-state index in [9.17, 15) is 4.79 Å². The molecule has 3 heteroatoms. The highest BCUT2D eigenvalue weighted by Crippen LogP contribution is 2.18. The molecule has 0 atom stereocenters. The first kappa shape index (κ1) is 7.76. The highest BCUT2D eigenvalue weighted by atomic mass is 32.1. The number of thiophene rings is 1. The second-order valence-electron chi connectivity index (χ2n) is 3.16. The number of hydrogen-bond donors (Lipinski definition) is 1. The standard InChI is InChI=1S/C11H7NOS/c13-10-7-3-1-2-4-9(7)12-11-8(10)5-6-14-11/h1-6H,(H,12,13). The van der Waals surface area contributed by atoms with Crippen LogP contribution in [0.5, 0.6) is 0 Å². The summed E-state index contributed by atoms with van der Waals surface area (Å²) < 4.78 is 0. The van der Waals surface area contributed by atoms with Gasteiger partial charge in [-0.15, -0.1) is 11.3 Å². The van der Waals surface area contributed by atoms with Crippen molar-refractivity contribution in [2.45, 2.75) is 0 Å². The van der Waals surface area contributed by atoms with Gasteiger partial charge >= 0.3 is 0 Å². The molecule has 0 amide bonds. The third-order valence-corrected chi connectivity index (χ3v) is 3.16. The Morgan fingerprint density at radius 1 is 1.07 bits per heavy atom. The third-order valence-electron chi connectivity index (χ3n) is 2.33. The molecule has 0 fully saturated rings. The van der Waals surface area contributed by atoms with Gasteiger partial charge in [-0.1, -0.05) is 12.1 Å². The Bertz CT molecular complexity index is 665. The van der Waals surface area contributed by atoms with Gasteiger partial charge in [0.15, 0.2) is 5.43 Å². The van der Waals surface area contributed by atoms with Crippen LogP contribution in [0, 0.1) is 0 Å². The second-order valence-corrected chi connectivity index (χ2v) is 4.08. The van der Waals surface area contributed by atoms with Crippen molar-refractivity contribution in [2.75, 3.05) is 0 Å². The fraction of sp³-hybridized carbons (Fsp3) is 0. The number of aromatic amines is 1. The lowest BCUT2D eigenvalue weighted by molar-refractivity contribution is 1.52. The number of pyridine rings is 1. The van der Waals surface area contributed by atoms with Gasteiger partial charge in [-0.05, 0) is 23.6 Å². The van der Waals surface area contributed by atoms with Crippen LogP contribution in [0.3, 0.4) is 0 Å². The average molecular weight is 201 g/mol. The van der Waals surface area contributed by atoms with Gasteiger partial charge in [-0.3, -0.25) is 4.79 Å². The van der Waals surface area contributed by atoms with Crippen molar-refractivity contribution in [3.8, 4) is 0 Å². The van der Waals surface area contributed by atoms with E-state index < -0.39 is 0 Å². The van der Waals surface area contributed by atoms with Gasteiger partial charge in [0.2, 0.25) is 0 Å². The van der Waals surface area contributed by atoms with Crippen LogP contribution in [0.25, 0.3) is 21.1 Å². The van der Waals surface area contributed by atoms with Crippen LogP contribution in [-0.2, 0) is 0 Å². The Morgan fingerprint density at radius 3 is 2.86 bits per heavy atom. The van der Waals surface area contributed by atoms with Gasteiger partial charge in [0, 0.05) is 5.39 Å². The Labute approximate surface area is 83.8 Å². The summed E-state index contributed by atoms with van der Waals surface area (Å²) >= 11 is 1.56. The monoisotopic (exact) mass is 201 g/mol. The number of aromatic nitrogens is 1. The number of fused-ring (bicyclic) bond motifs is 2. The van der Waals surface area contributed by atoms with Gasteiger partial charge in [0.1, 0.15) is 4.83 Å². The quantitative estimate of drug-likeness (QED) is 0.596. The van der Waals surface area contributed by atoms with E-state index in [2.05, 4.69) is 4.98 Å². The summed E-state index contributed by atoms with van der Waals surface area (Å²) in [6.07, 6.45) is 0. The van der Waals surface area contributed by atoms with Gasteiger partial charge in [-0.25, -0.2) is 0 Å². The molecule has 0 aliphatic carbocycles. The molecule has 0 aliphatic heterocycles. The Kier molecular flexibility index (Phi) is 1.49. The zero-order valence-electron chi connectivity index (χ0n) is 7.28. The molecule has 0 unspecified atom stereocenters. The number of para-hydroxylation sites is 1. The first-order valence-corrected chi connectivity index (χ1v) is 5.22. The fourth-order valence-corrected chi connectivity index (χ4v) is 2.44. The summed E-state index contributed by atoms with van der Waals surface area (Å²) in [7, 11) is 0. The molecule has 0 aliphatic rings. The van der Waals surface area contributed by atoms with Crippen LogP contribution in [-0.4, -0.2) is 4.98 Å². The van der Waals surface area contributed by atoms with E-state index in [1.807, 2.05) is 35.7 Å². The van der Waals surface area contributed by atoms with Crippen LogP contribution in [0.2, 0.25) is 0 Å². The summed E-state index contributed by atoms with van der Waals surface area (Å²) in [5.41, 5.74) is 1.03. The molecule has 0 spiro atoms. The minimum absolute atomic E-state index is 0.121. The minimum atomic E-state index is 0.121. The molecule has 1 N–H and O–H groups in total. The van der Waals surface area contributed by atoms with Crippen molar-refractivity contribution in [3.05, 3.63) is 45.9 Å². The summed E-state index contributed by atoms with van der Waals surface area (Å²) in [5, 5.41) is 3.48. The summed E-state index contributed by atoms with van der Waals surface area (Å²) in [6, 6.07) is 9.46. The van der Waals surface area contributed by atoms with Crippen molar-refractivity contribution < 1.29 is 0 Å². The summed E-state index contributed by atoms with van der Waals surface area (Å²) in [6.45, 7) is 0. The van der Waals surface area contributed by atoms with Crippen LogP contribution >= 0.6 is 11.3 Å². The van der Waals surface area contributed by atoms with Crippen molar-refractivity contribution in [2.24, 2.45) is 0 Å². The van der Waals surface area contributed by atoms with Crippen molar-refractivity contribution in [3.63, 3.8) is 0 Å². The van der Waals surface area contributed by atoms with Crippen LogP contribution in [0.4, 0.5) is 0 Å². The van der Waals surface area contributed by atoms with Crippen LogP contribution in [0.1, 0.15) is 0 Å². The normalized spacial score (nSPS) is 11.1. The maximum absolute atomic E-state index is 11.9. The number of hydrogen-bond acceptors (Lipinski definition) is 2. The van der Waals surface area contributed by atoms with Crippen molar-refractivity contribution in [1.82, 2.24) is 4.98 Å². The van der Waals surface area contributed by atoms with E-state index in [4.69, 9.17) is 0 Å². The first-order valence-electron chi connectivity index (χ1n) is 4.34. The van der Waals surface area contributed by atoms with Gasteiger partial charge in [0.25, 0.3) is 0 Å². The Morgan fingerprint density at radius 2 is 1.93 bits per heavy atom. The minimum Gasteiger partial charge on any atom is -0.346 e. The molecule has 3 aromatic rings. The molecule has 0 saturated heterocycles. The van der Waals surface area contributed by atoms with E-state index in [1.54, 1.807) is 11.3 Å². The molecule has 1 aromatic carbocycles. The molecule has 0 radical (unpaired) electrons. The van der Waals surface area contributed by atoms with Crippen molar-refractivity contribution in [1.29, 1.82) is 0 Å². The number of H-pyrrole nitrogens is 1. The molecule has 2 aromatic heterocycles. The van der Waals surface area contributed by atoms with E-state index in [0.717, 1.165) is 21.1 Å². The Hall–Kier alpha value is -1.61. The van der Waals surface area contributed by atoms with Crippen LogP contribution in [0.15, 0.2) is 40.5 Å². The van der Waals surface area contributed by atoms with Crippen LogP contribution < -0.4 is 5.43 Å². The molecule has 14 heavy (non-hydrogen) atoms. The largest absolute Gasteiger partial charge is 0.346 e. The lowest BCUT2D eigenvalue weighted by Crippen LogP contribution is -2.01. The maximum atomic E-state index is 11.9. The zero-order valence-corrected chi connectivity index (χ0v) is 8.10. The highest BCUT2D eigenvalue weighted by molar-refractivity contribution is 7.16. The molecule has 0 saturated carbocycles. The lowest BCUT2D eigenvalue weighted by Gasteiger charge is -1.96. The van der Waals surface area contributed by atoms with Gasteiger partial charge in [0.05, 0.1) is 10.9 Å². The second kappa shape index (κ2) is 2.69. The predicted octanol–water partition coefficient (Wildman–Crippen LogP) is 2.74.